The Morgan fingerprint density at radius 2 is 1.86 bits per heavy atom. The number of benzene rings is 2. The Morgan fingerprint density at radius 3 is 2.50 bits per heavy atom. The van der Waals surface area contributed by atoms with Crippen LogP contribution in [0, 0.1) is 11.7 Å². The van der Waals surface area contributed by atoms with E-state index in [1.165, 1.54) is 25.0 Å². The molecule has 0 bridgehead atoms. The normalized spacial score (nSPS) is 14.8. The monoisotopic (exact) mass is 465 g/mol. The number of hydrogen-bond acceptors (Lipinski definition) is 3. The van der Waals surface area contributed by atoms with Gasteiger partial charge in [0.2, 0.25) is 0 Å². The first kappa shape index (κ1) is 21.1. The van der Waals surface area contributed by atoms with E-state index in [-0.39, 0.29) is 5.82 Å². The van der Waals surface area contributed by atoms with Crippen LogP contribution in [0.5, 0.6) is 11.5 Å². The Morgan fingerprint density at radius 1 is 1.18 bits per heavy atom. The minimum atomic E-state index is -0.259. The lowest BCUT2D eigenvalue weighted by molar-refractivity contribution is 0.267. The molecule has 0 radical (unpaired) electrons. The van der Waals surface area contributed by atoms with Crippen LogP contribution >= 0.6 is 28.1 Å². The van der Waals surface area contributed by atoms with Gasteiger partial charge >= 0.3 is 0 Å². The van der Waals surface area contributed by atoms with Crippen molar-refractivity contribution in [3.8, 4) is 11.5 Å². The zero-order valence-electron chi connectivity index (χ0n) is 16.2. The summed E-state index contributed by atoms with van der Waals surface area (Å²) in [6.45, 7) is 7.06. The fraction of sp³-hybridized carbons (Fsp3) is 0.409. The van der Waals surface area contributed by atoms with Gasteiger partial charge in [-0.2, -0.15) is 0 Å². The maximum Gasteiger partial charge on any atom is 0.175 e. The lowest BCUT2D eigenvalue weighted by Crippen LogP contribution is -2.37. The van der Waals surface area contributed by atoms with E-state index >= 15 is 0 Å². The van der Waals surface area contributed by atoms with Gasteiger partial charge in [0.1, 0.15) is 17.4 Å². The predicted octanol–water partition coefficient (Wildman–Crippen LogP) is 5.97. The quantitative estimate of drug-likeness (QED) is 0.489. The third-order valence-corrected chi connectivity index (χ3v) is 6.01. The molecule has 2 aromatic carbocycles. The molecule has 0 aliphatic carbocycles. The number of nitrogens with zero attached hydrogens (tertiary/aromatic N) is 1. The van der Waals surface area contributed by atoms with Crippen LogP contribution < -0.4 is 9.47 Å². The van der Waals surface area contributed by atoms with E-state index in [0.29, 0.717) is 24.7 Å². The van der Waals surface area contributed by atoms with Crippen molar-refractivity contribution in [2.45, 2.75) is 33.3 Å². The Bertz CT molecular complexity index is 820. The van der Waals surface area contributed by atoms with E-state index in [9.17, 15) is 4.39 Å². The van der Waals surface area contributed by atoms with Gasteiger partial charge in [0.05, 0.1) is 11.1 Å². The van der Waals surface area contributed by atoms with Crippen molar-refractivity contribution in [2.75, 3.05) is 19.7 Å². The predicted molar refractivity (Wildman–Crippen MR) is 118 cm³/mol. The van der Waals surface area contributed by atoms with Crippen molar-refractivity contribution in [3.63, 3.8) is 0 Å². The third kappa shape index (κ3) is 5.23. The number of hydrogen-bond donors (Lipinski definition) is 0. The summed E-state index contributed by atoms with van der Waals surface area (Å²) in [4.78, 5) is 3.12. The first-order chi connectivity index (χ1) is 13.5. The van der Waals surface area contributed by atoms with Crippen molar-refractivity contribution in [1.82, 2.24) is 4.90 Å². The number of likely N-dealkylation sites (tertiary alicyclic amines) is 1. The summed E-state index contributed by atoms with van der Waals surface area (Å²) >= 11 is 9.36. The summed E-state index contributed by atoms with van der Waals surface area (Å²) < 4.78 is 25.7. The van der Waals surface area contributed by atoms with Crippen LogP contribution in [-0.4, -0.2) is 29.6 Å². The van der Waals surface area contributed by atoms with Crippen molar-refractivity contribution in [2.24, 2.45) is 5.92 Å². The Labute approximate surface area is 180 Å². The van der Waals surface area contributed by atoms with E-state index < -0.39 is 0 Å². The fourth-order valence-corrected chi connectivity index (χ4v) is 4.08. The van der Waals surface area contributed by atoms with Crippen molar-refractivity contribution in [1.29, 1.82) is 0 Å². The zero-order chi connectivity index (χ0) is 20.1. The van der Waals surface area contributed by atoms with Gasteiger partial charge in [-0.15, -0.1) is 0 Å². The van der Waals surface area contributed by atoms with Gasteiger partial charge in [-0.1, -0.05) is 31.3 Å². The first-order valence-corrected chi connectivity index (χ1v) is 10.8. The Hall–Kier alpha value is -1.66. The molecule has 28 heavy (non-hydrogen) atoms. The second-order valence-electron chi connectivity index (χ2n) is 7.11. The average molecular weight is 466 g/mol. The summed E-state index contributed by atoms with van der Waals surface area (Å²) in [5, 5.41) is 0. The largest absolute Gasteiger partial charge is 0.490 e. The number of rotatable bonds is 6. The zero-order valence-corrected chi connectivity index (χ0v) is 18.6. The second-order valence-corrected chi connectivity index (χ2v) is 8.35. The molecule has 0 N–H and O–H groups in total. The van der Waals surface area contributed by atoms with Crippen LogP contribution in [0.4, 0.5) is 4.39 Å². The van der Waals surface area contributed by atoms with Gasteiger partial charge in [-0.3, -0.25) is 0 Å². The highest BCUT2D eigenvalue weighted by Gasteiger charge is 2.21. The number of thiocarbonyl (C=S) groups is 1. The van der Waals surface area contributed by atoms with Gasteiger partial charge in [0, 0.05) is 18.7 Å². The molecule has 0 saturated carbocycles. The minimum Gasteiger partial charge on any atom is -0.490 e. The molecule has 0 unspecified atom stereocenters. The van der Waals surface area contributed by atoms with Crippen LogP contribution in [-0.2, 0) is 6.61 Å². The van der Waals surface area contributed by atoms with Gasteiger partial charge in [-0.05, 0) is 71.4 Å². The molecule has 6 heteroatoms. The molecule has 1 saturated heterocycles. The standard InChI is InChI=1S/C22H25BrFNO2S/c1-3-26-20-13-17(22(28)25-10-8-15(2)9-11-25)12-19(23)21(20)27-14-16-4-6-18(24)7-5-16/h4-7,12-13,15H,3,8-11,14H2,1-2H3. The lowest BCUT2D eigenvalue weighted by atomic mass is 9.99. The Balaban J connectivity index is 1.79. The first-order valence-electron chi connectivity index (χ1n) is 9.60. The molecule has 0 spiro atoms. The van der Waals surface area contributed by atoms with E-state index in [1.807, 2.05) is 19.1 Å². The molecule has 1 aliphatic rings. The van der Waals surface area contributed by atoms with E-state index in [4.69, 9.17) is 21.7 Å². The average Bonchev–Trinajstić information content (AvgIpc) is 2.69. The van der Waals surface area contributed by atoms with Crippen LogP contribution in [0.3, 0.4) is 0 Å². The molecule has 2 aromatic rings. The van der Waals surface area contributed by atoms with Crippen LogP contribution in [0.25, 0.3) is 0 Å². The van der Waals surface area contributed by atoms with Gasteiger partial charge < -0.3 is 14.4 Å². The van der Waals surface area contributed by atoms with Gasteiger partial charge in [0.25, 0.3) is 0 Å². The summed E-state index contributed by atoms with van der Waals surface area (Å²) in [6.07, 6.45) is 2.33. The SMILES string of the molecule is CCOc1cc(C(=S)N2CCC(C)CC2)cc(Br)c1OCc1ccc(F)cc1. The highest BCUT2D eigenvalue weighted by Crippen LogP contribution is 2.38. The maximum atomic E-state index is 13.1. The van der Waals surface area contributed by atoms with Gasteiger partial charge in [0.15, 0.2) is 11.5 Å². The molecule has 0 aromatic heterocycles. The van der Waals surface area contributed by atoms with Crippen LogP contribution in [0.15, 0.2) is 40.9 Å². The number of ether oxygens (including phenoxy) is 2. The smallest absolute Gasteiger partial charge is 0.175 e. The molecule has 1 aliphatic heterocycles. The topological polar surface area (TPSA) is 21.7 Å². The highest BCUT2D eigenvalue weighted by molar-refractivity contribution is 9.10. The van der Waals surface area contributed by atoms with Gasteiger partial charge in [-0.25, -0.2) is 4.39 Å². The molecular formula is C22H25BrFNO2S. The molecule has 1 fully saturated rings. The number of piperidine rings is 1. The molecule has 0 atom stereocenters. The van der Waals surface area contributed by atoms with Crippen molar-refractivity contribution in [3.05, 3.63) is 57.8 Å². The third-order valence-electron chi connectivity index (χ3n) is 4.92. The fourth-order valence-electron chi connectivity index (χ4n) is 3.22. The van der Waals surface area contributed by atoms with E-state index in [1.54, 1.807) is 12.1 Å². The molecule has 3 rings (SSSR count). The minimum absolute atomic E-state index is 0.259. The lowest BCUT2D eigenvalue weighted by Gasteiger charge is -2.32. The van der Waals surface area contributed by atoms with E-state index in [0.717, 1.165) is 39.6 Å². The van der Waals surface area contributed by atoms with Crippen LogP contribution in [0.2, 0.25) is 0 Å². The second kappa shape index (κ2) is 9.70. The van der Waals surface area contributed by atoms with Crippen molar-refractivity contribution >= 4 is 33.1 Å². The van der Waals surface area contributed by atoms with Crippen LogP contribution in [0.1, 0.15) is 37.8 Å². The number of halogens is 2. The highest BCUT2D eigenvalue weighted by atomic mass is 79.9. The maximum absolute atomic E-state index is 13.1. The molecule has 1 heterocycles. The molecular weight excluding hydrogens is 441 g/mol. The van der Waals surface area contributed by atoms with E-state index in [2.05, 4.69) is 27.8 Å². The molecule has 150 valence electrons. The summed E-state index contributed by atoms with van der Waals surface area (Å²) in [7, 11) is 0. The molecule has 0 amide bonds. The van der Waals surface area contributed by atoms with Crippen molar-refractivity contribution < 1.29 is 13.9 Å². The summed E-state index contributed by atoms with van der Waals surface area (Å²) in [6, 6.07) is 10.2. The summed E-state index contributed by atoms with van der Waals surface area (Å²) in [5.41, 5.74) is 1.84. The summed E-state index contributed by atoms with van der Waals surface area (Å²) in [5.74, 6) is 1.78. The molecule has 3 nitrogen and oxygen atoms in total. The Kier molecular flexibility index (Phi) is 7.30.